The van der Waals surface area contributed by atoms with Crippen LogP contribution in [0.2, 0.25) is 0 Å². The zero-order chi connectivity index (χ0) is 13.8. The molecule has 1 aliphatic carbocycles. The maximum absolute atomic E-state index is 12.5. The summed E-state index contributed by atoms with van der Waals surface area (Å²) in [5, 5.41) is 3.35. The van der Waals surface area contributed by atoms with Gasteiger partial charge in [0.1, 0.15) is 0 Å². The molecule has 0 aromatic carbocycles. The lowest BCUT2D eigenvalue weighted by atomic mass is 9.72. The van der Waals surface area contributed by atoms with E-state index in [1.165, 1.54) is 32.1 Å². The summed E-state index contributed by atoms with van der Waals surface area (Å²) in [6, 6.07) is 0.845. The van der Waals surface area contributed by atoms with Gasteiger partial charge >= 0.3 is 0 Å². The number of piperidine rings is 1. The quantitative estimate of drug-likeness (QED) is 0.848. The van der Waals surface area contributed by atoms with Crippen LogP contribution in [0.1, 0.15) is 59.3 Å². The second kappa shape index (κ2) is 6.74. The average molecular weight is 266 g/mol. The van der Waals surface area contributed by atoms with E-state index in [0.717, 1.165) is 24.9 Å². The average Bonchev–Trinajstić information content (AvgIpc) is 2.39. The lowest BCUT2D eigenvalue weighted by molar-refractivity contribution is -0.139. The molecule has 1 aliphatic heterocycles. The first-order chi connectivity index (χ1) is 9.13. The number of likely N-dealkylation sites (tertiary alicyclic amines) is 1. The van der Waals surface area contributed by atoms with Crippen LogP contribution in [0.4, 0.5) is 0 Å². The number of nitrogens with zero attached hydrogens (tertiary/aromatic N) is 1. The molecule has 1 saturated carbocycles. The fourth-order valence-electron chi connectivity index (χ4n) is 4.02. The molecule has 0 radical (unpaired) electrons. The first-order valence-electron chi connectivity index (χ1n) is 8.16. The van der Waals surface area contributed by atoms with E-state index in [9.17, 15) is 4.79 Å². The summed E-state index contributed by atoms with van der Waals surface area (Å²) >= 11 is 0. The monoisotopic (exact) mass is 266 g/mol. The molecule has 2 rings (SSSR count). The number of fused-ring (bicyclic) bond motifs is 1. The van der Waals surface area contributed by atoms with Crippen LogP contribution in [0.25, 0.3) is 0 Å². The molecule has 19 heavy (non-hydrogen) atoms. The molecule has 0 spiro atoms. The molecule has 1 saturated heterocycles. The Morgan fingerprint density at radius 1 is 1.32 bits per heavy atom. The molecule has 110 valence electrons. The predicted octanol–water partition coefficient (Wildman–Crippen LogP) is 2.80. The fourth-order valence-corrected chi connectivity index (χ4v) is 4.02. The second-order valence-corrected chi connectivity index (χ2v) is 6.53. The molecule has 0 aromatic heterocycles. The summed E-state index contributed by atoms with van der Waals surface area (Å²) in [6.45, 7) is 8.52. The van der Waals surface area contributed by atoms with Gasteiger partial charge in [-0.1, -0.05) is 26.7 Å². The van der Waals surface area contributed by atoms with Gasteiger partial charge < -0.3 is 10.2 Å². The number of nitrogens with one attached hydrogen (secondary N) is 1. The standard InChI is InChI=1S/C16H30N2O/c1-4-17-13(3)11-16(19)18-10-9-12(2)14-7-5-6-8-15(14)18/h12-15,17H,4-11H2,1-3H3. The molecule has 0 bridgehead atoms. The van der Waals surface area contributed by atoms with Crippen LogP contribution in [-0.4, -0.2) is 36.0 Å². The number of carbonyl (C=O) groups excluding carboxylic acids is 1. The molecule has 1 N–H and O–H groups in total. The van der Waals surface area contributed by atoms with Crippen molar-refractivity contribution < 1.29 is 4.79 Å². The number of rotatable bonds is 4. The Bertz CT molecular complexity index is 305. The highest BCUT2D eigenvalue weighted by molar-refractivity contribution is 5.77. The Morgan fingerprint density at radius 2 is 2.05 bits per heavy atom. The van der Waals surface area contributed by atoms with E-state index in [2.05, 4.69) is 31.0 Å². The minimum atomic E-state index is 0.305. The van der Waals surface area contributed by atoms with Gasteiger partial charge in [-0.3, -0.25) is 4.79 Å². The summed E-state index contributed by atoms with van der Waals surface area (Å²) in [4.78, 5) is 14.8. The minimum absolute atomic E-state index is 0.305. The van der Waals surface area contributed by atoms with Gasteiger partial charge in [-0.25, -0.2) is 0 Å². The molecule has 4 atom stereocenters. The number of hydrogen-bond donors (Lipinski definition) is 1. The van der Waals surface area contributed by atoms with Crippen molar-refractivity contribution in [3.05, 3.63) is 0 Å². The Hall–Kier alpha value is -0.570. The van der Waals surface area contributed by atoms with Crippen LogP contribution >= 0.6 is 0 Å². The van der Waals surface area contributed by atoms with Gasteiger partial charge in [0.15, 0.2) is 0 Å². The lowest BCUT2D eigenvalue weighted by Gasteiger charge is -2.47. The number of amides is 1. The van der Waals surface area contributed by atoms with E-state index in [4.69, 9.17) is 0 Å². The van der Waals surface area contributed by atoms with Crippen LogP contribution in [0.15, 0.2) is 0 Å². The summed E-state index contributed by atoms with van der Waals surface area (Å²) < 4.78 is 0. The van der Waals surface area contributed by atoms with Crippen molar-refractivity contribution in [2.24, 2.45) is 11.8 Å². The van der Waals surface area contributed by atoms with Gasteiger partial charge in [-0.15, -0.1) is 0 Å². The SMILES string of the molecule is CCNC(C)CC(=O)N1CCC(C)C2CCCCC21. The van der Waals surface area contributed by atoms with E-state index in [1.54, 1.807) is 0 Å². The third kappa shape index (κ3) is 3.50. The molecule has 4 unspecified atom stereocenters. The van der Waals surface area contributed by atoms with Crippen LogP contribution in [0, 0.1) is 11.8 Å². The Labute approximate surface area is 118 Å². The molecule has 1 heterocycles. The summed E-state index contributed by atoms with van der Waals surface area (Å²) in [5.41, 5.74) is 0. The highest BCUT2D eigenvalue weighted by atomic mass is 16.2. The van der Waals surface area contributed by atoms with Crippen molar-refractivity contribution in [2.45, 2.75) is 71.4 Å². The van der Waals surface area contributed by atoms with Crippen molar-refractivity contribution in [2.75, 3.05) is 13.1 Å². The topological polar surface area (TPSA) is 32.3 Å². The maximum Gasteiger partial charge on any atom is 0.224 e. The number of carbonyl (C=O) groups is 1. The van der Waals surface area contributed by atoms with E-state index in [1.807, 2.05) is 0 Å². The Balaban J connectivity index is 1.96. The van der Waals surface area contributed by atoms with Crippen LogP contribution in [0.3, 0.4) is 0 Å². The molecule has 2 aliphatic rings. The van der Waals surface area contributed by atoms with E-state index < -0.39 is 0 Å². The first-order valence-corrected chi connectivity index (χ1v) is 8.16. The molecular formula is C16H30N2O. The highest BCUT2D eigenvalue weighted by Gasteiger charge is 2.39. The van der Waals surface area contributed by atoms with E-state index in [-0.39, 0.29) is 0 Å². The normalized spacial score (nSPS) is 32.8. The van der Waals surface area contributed by atoms with Crippen molar-refractivity contribution in [1.82, 2.24) is 10.2 Å². The van der Waals surface area contributed by atoms with Crippen molar-refractivity contribution in [3.63, 3.8) is 0 Å². The van der Waals surface area contributed by atoms with E-state index >= 15 is 0 Å². The summed E-state index contributed by atoms with van der Waals surface area (Å²) in [7, 11) is 0. The molecule has 0 aromatic rings. The molecule has 2 fully saturated rings. The fraction of sp³-hybridized carbons (Fsp3) is 0.938. The van der Waals surface area contributed by atoms with Gasteiger partial charge in [0, 0.05) is 25.0 Å². The largest absolute Gasteiger partial charge is 0.339 e. The molecular weight excluding hydrogens is 236 g/mol. The third-order valence-corrected chi connectivity index (χ3v) is 5.09. The molecule has 3 nitrogen and oxygen atoms in total. The first kappa shape index (κ1) is 14.8. The summed E-state index contributed by atoms with van der Waals surface area (Å²) in [6.07, 6.45) is 7.09. The van der Waals surface area contributed by atoms with Crippen molar-refractivity contribution in [3.8, 4) is 0 Å². The molecule has 1 amide bonds. The zero-order valence-corrected chi connectivity index (χ0v) is 12.8. The van der Waals surface area contributed by atoms with Gasteiger partial charge in [-0.2, -0.15) is 0 Å². The number of hydrogen-bond acceptors (Lipinski definition) is 2. The lowest BCUT2D eigenvalue weighted by Crippen LogP contribution is -2.53. The molecule has 3 heteroatoms. The van der Waals surface area contributed by atoms with Crippen molar-refractivity contribution in [1.29, 1.82) is 0 Å². The summed E-state index contributed by atoms with van der Waals surface area (Å²) in [5.74, 6) is 1.94. The van der Waals surface area contributed by atoms with Crippen LogP contribution < -0.4 is 5.32 Å². The van der Waals surface area contributed by atoms with Crippen LogP contribution in [-0.2, 0) is 4.79 Å². The van der Waals surface area contributed by atoms with E-state index in [0.29, 0.717) is 24.4 Å². The van der Waals surface area contributed by atoms with Gasteiger partial charge in [0.05, 0.1) is 0 Å². The minimum Gasteiger partial charge on any atom is -0.339 e. The van der Waals surface area contributed by atoms with Crippen molar-refractivity contribution >= 4 is 5.91 Å². The maximum atomic E-state index is 12.5. The Kier molecular flexibility index (Phi) is 5.26. The zero-order valence-electron chi connectivity index (χ0n) is 12.8. The van der Waals surface area contributed by atoms with Crippen LogP contribution in [0.5, 0.6) is 0 Å². The predicted molar refractivity (Wildman–Crippen MR) is 79.0 cm³/mol. The third-order valence-electron chi connectivity index (χ3n) is 5.09. The second-order valence-electron chi connectivity index (χ2n) is 6.53. The highest BCUT2D eigenvalue weighted by Crippen LogP contribution is 2.38. The smallest absolute Gasteiger partial charge is 0.224 e. The van der Waals surface area contributed by atoms with Gasteiger partial charge in [0.25, 0.3) is 0 Å². The van der Waals surface area contributed by atoms with Gasteiger partial charge in [-0.05, 0) is 44.6 Å². The Morgan fingerprint density at radius 3 is 2.79 bits per heavy atom. The van der Waals surface area contributed by atoms with Gasteiger partial charge in [0.2, 0.25) is 5.91 Å².